The number of aromatic nitrogens is 1. The van der Waals surface area contributed by atoms with E-state index >= 15 is 0 Å². The van der Waals surface area contributed by atoms with Gasteiger partial charge < -0.3 is 19.0 Å². The standard InChI is InChI=1S/C20H25N3O5S/c1-3-27-20(26)14-6-8-23(9-7-14)18(25)12-22(2)17(24)11-15-13-29-19(21-15)16-5-4-10-28-16/h4-5,10,13-14H,3,6-9,11-12H2,1-2H3. The normalized spacial score (nSPS) is 14.6. The molecule has 0 N–H and O–H groups in total. The van der Waals surface area contributed by atoms with Gasteiger partial charge >= 0.3 is 5.97 Å². The Bertz CT molecular complexity index is 840. The summed E-state index contributed by atoms with van der Waals surface area (Å²) < 4.78 is 10.4. The van der Waals surface area contributed by atoms with Gasteiger partial charge in [-0.05, 0) is 31.9 Å². The highest BCUT2D eigenvalue weighted by atomic mass is 32.1. The molecular weight excluding hydrogens is 394 g/mol. The summed E-state index contributed by atoms with van der Waals surface area (Å²) >= 11 is 1.41. The summed E-state index contributed by atoms with van der Waals surface area (Å²) in [5.74, 6) is 0.0488. The van der Waals surface area contributed by atoms with Gasteiger partial charge in [0.25, 0.3) is 0 Å². The van der Waals surface area contributed by atoms with Gasteiger partial charge in [0.05, 0.1) is 37.4 Å². The molecule has 8 nitrogen and oxygen atoms in total. The number of rotatable bonds is 7. The molecule has 3 heterocycles. The van der Waals surface area contributed by atoms with Crippen LogP contribution >= 0.6 is 11.3 Å². The molecule has 2 aromatic rings. The zero-order valence-electron chi connectivity index (χ0n) is 16.6. The average molecular weight is 420 g/mol. The van der Waals surface area contributed by atoms with E-state index in [1.165, 1.54) is 16.2 Å². The maximum Gasteiger partial charge on any atom is 0.309 e. The quantitative estimate of drug-likeness (QED) is 0.639. The molecule has 1 aliphatic rings. The number of piperidine rings is 1. The summed E-state index contributed by atoms with van der Waals surface area (Å²) in [6.07, 6.45) is 2.90. The third-order valence-electron chi connectivity index (χ3n) is 4.88. The number of hydrogen-bond acceptors (Lipinski definition) is 7. The Morgan fingerprint density at radius 2 is 2.10 bits per heavy atom. The van der Waals surface area contributed by atoms with Gasteiger partial charge in [0.15, 0.2) is 10.8 Å². The molecule has 3 rings (SSSR count). The molecule has 0 unspecified atom stereocenters. The first-order valence-electron chi connectivity index (χ1n) is 9.64. The molecule has 9 heteroatoms. The Balaban J connectivity index is 1.46. The van der Waals surface area contributed by atoms with Crippen LogP contribution in [0.1, 0.15) is 25.5 Å². The fraction of sp³-hybridized carbons (Fsp3) is 0.500. The third-order valence-corrected chi connectivity index (χ3v) is 5.79. The van der Waals surface area contributed by atoms with E-state index in [1.54, 1.807) is 31.2 Å². The third kappa shape index (κ3) is 5.44. The molecule has 0 aliphatic carbocycles. The van der Waals surface area contributed by atoms with E-state index < -0.39 is 0 Å². The lowest BCUT2D eigenvalue weighted by atomic mass is 9.97. The van der Waals surface area contributed by atoms with Crippen molar-refractivity contribution < 1.29 is 23.5 Å². The van der Waals surface area contributed by atoms with Crippen molar-refractivity contribution in [2.75, 3.05) is 33.3 Å². The van der Waals surface area contributed by atoms with E-state index in [4.69, 9.17) is 9.15 Å². The van der Waals surface area contributed by atoms with Gasteiger partial charge in [0.2, 0.25) is 11.8 Å². The van der Waals surface area contributed by atoms with Gasteiger partial charge in [-0.15, -0.1) is 11.3 Å². The highest BCUT2D eigenvalue weighted by Crippen LogP contribution is 2.24. The highest BCUT2D eigenvalue weighted by molar-refractivity contribution is 7.13. The number of carbonyl (C=O) groups is 3. The molecule has 0 atom stereocenters. The topological polar surface area (TPSA) is 93.0 Å². The molecule has 1 fully saturated rings. The van der Waals surface area contributed by atoms with Gasteiger partial charge in [-0.3, -0.25) is 14.4 Å². The van der Waals surface area contributed by atoms with Crippen molar-refractivity contribution in [2.45, 2.75) is 26.2 Å². The van der Waals surface area contributed by atoms with E-state index in [-0.39, 0.29) is 36.7 Å². The van der Waals surface area contributed by atoms with Crippen LogP contribution < -0.4 is 0 Å². The molecule has 0 saturated carbocycles. The summed E-state index contributed by atoms with van der Waals surface area (Å²) in [7, 11) is 1.62. The van der Waals surface area contributed by atoms with Crippen molar-refractivity contribution in [1.82, 2.24) is 14.8 Å². The van der Waals surface area contributed by atoms with Crippen LogP contribution in [-0.4, -0.2) is 65.9 Å². The predicted molar refractivity (Wildman–Crippen MR) is 107 cm³/mol. The van der Waals surface area contributed by atoms with Crippen molar-refractivity contribution in [3.63, 3.8) is 0 Å². The van der Waals surface area contributed by atoms with Crippen LogP contribution in [0.2, 0.25) is 0 Å². The Morgan fingerprint density at radius 1 is 1.34 bits per heavy atom. The summed E-state index contributed by atoms with van der Waals surface area (Å²) in [5.41, 5.74) is 0.654. The SMILES string of the molecule is CCOC(=O)C1CCN(C(=O)CN(C)C(=O)Cc2csc(-c3ccco3)n2)CC1. The van der Waals surface area contributed by atoms with Crippen LogP contribution in [0.3, 0.4) is 0 Å². The van der Waals surface area contributed by atoms with Crippen molar-refractivity contribution >= 4 is 29.1 Å². The molecule has 0 spiro atoms. The maximum absolute atomic E-state index is 12.5. The second-order valence-corrected chi connectivity index (χ2v) is 7.81. The van der Waals surface area contributed by atoms with Crippen molar-refractivity contribution in [2.24, 2.45) is 5.92 Å². The minimum atomic E-state index is -0.191. The number of furan rings is 1. The van der Waals surface area contributed by atoms with E-state index in [0.717, 1.165) is 5.01 Å². The second kappa shape index (κ2) is 9.69. The smallest absolute Gasteiger partial charge is 0.309 e. The Hall–Kier alpha value is -2.68. The molecule has 156 valence electrons. The Morgan fingerprint density at radius 3 is 2.76 bits per heavy atom. The van der Waals surface area contributed by atoms with Gasteiger partial charge in [-0.1, -0.05) is 0 Å². The zero-order valence-corrected chi connectivity index (χ0v) is 17.4. The molecule has 2 amide bonds. The van der Waals surface area contributed by atoms with Gasteiger partial charge in [-0.2, -0.15) is 0 Å². The first kappa shape index (κ1) is 21.0. The fourth-order valence-electron chi connectivity index (χ4n) is 3.21. The molecule has 0 radical (unpaired) electrons. The first-order valence-corrected chi connectivity index (χ1v) is 10.5. The van der Waals surface area contributed by atoms with Crippen molar-refractivity contribution in [1.29, 1.82) is 0 Å². The lowest BCUT2D eigenvalue weighted by Crippen LogP contribution is -2.46. The van der Waals surface area contributed by atoms with E-state index in [0.29, 0.717) is 44.0 Å². The number of likely N-dealkylation sites (N-methyl/N-ethyl adjacent to an activating group) is 1. The van der Waals surface area contributed by atoms with Crippen LogP contribution in [-0.2, 0) is 25.5 Å². The number of carbonyl (C=O) groups excluding carboxylic acids is 3. The number of amides is 2. The number of esters is 1. The second-order valence-electron chi connectivity index (χ2n) is 6.95. The predicted octanol–water partition coefficient (Wildman–Crippen LogP) is 2.21. The molecule has 0 bridgehead atoms. The summed E-state index contributed by atoms with van der Waals surface area (Å²) in [4.78, 5) is 44.3. The Labute approximate surface area is 173 Å². The molecule has 29 heavy (non-hydrogen) atoms. The molecular formula is C20H25N3O5S. The van der Waals surface area contributed by atoms with Crippen LogP contribution in [0.5, 0.6) is 0 Å². The van der Waals surface area contributed by atoms with E-state index in [2.05, 4.69) is 4.98 Å². The number of ether oxygens (including phenoxy) is 1. The van der Waals surface area contributed by atoms with Crippen LogP contribution in [0, 0.1) is 5.92 Å². The highest BCUT2D eigenvalue weighted by Gasteiger charge is 2.29. The largest absolute Gasteiger partial charge is 0.466 e. The molecule has 2 aromatic heterocycles. The van der Waals surface area contributed by atoms with Crippen LogP contribution in [0.4, 0.5) is 0 Å². The molecule has 1 saturated heterocycles. The zero-order chi connectivity index (χ0) is 20.8. The van der Waals surface area contributed by atoms with Crippen LogP contribution in [0.25, 0.3) is 10.8 Å². The van der Waals surface area contributed by atoms with Crippen molar-refractivity contribution in [3.8, 4) is 10.8 Å². The maximum atomic E-state index is 12.5. The Kier molecular flexibility index (Phi) is 7.03. The number of nitrogens with zero attached hydrogens (tertiary/aromatic N) is 3. The van der Waals surface area contributed by atoms with E-state index in [1.807, 2.05) is 11.4 Å². The van der Waals surface area contributed by atoms with Gasteiger partial charge in [0, 0.05) is 25.5 Å². The minimum Gasteiger partial charge on any atom is -0.466 e. The first-order chi connectivity index (χ1) is 14.0. The lowest BCUT2D eigenvalue weighted by Gasteiger charge is -2.32. The van der Waals surface area contributed by atoms with Crippen LogP contribution in [0.15, 0.2) is 28.2 Å². The van der Waals surface area contributed by atoms with E-state index in [9.17, 15) is 14.4 Å². The summed E-state index contributed by atoms with van der Waals surface area (Å²) in [5, 5.41) is 2.55. The average Bonchev–Trinajstić information content (AvgIpc) is 3.40. The fourth-order valence-corrected chi connectivity index (χ4v) is 3.99. The molecule has 0 aromatic carbocycles. The number of likely N-dealkylation sites (tertiary alicyclic amines) is 1. The van der Waals surface area contributed by atoms with Gasteiger partial charge in [-0.25, -0.2) is 4.98 Å². The monoisotopic (exact) mass is 419 g/mol. The minimum absolute atomic E-state index is 0.0120. The van der Waals surface area contributed by atoms with Crippen molar-refractivity contribution in [3.05, 3.63) is 29.5 Å². The van der Waals surface area contributed by atoms with Gasteiger partial charge in [0.1, 0.15) is 0 Å². The lowest BCUT2D eigenvalue weighted by molar-refractivity contribution is -0.151. The summed E-state index contributed by atoms with van der Waals surface area (Å²) in [6.45, 7) is 3.17. The number of hydrogen-bond donors (Lipinski definition) is 0. The molecule has 1 aliphatic heterocycles. The number of thiazole rings is 1. The summed E-state index contributed by atoms with van der Waals surface area (Å²) in [6, 6.07) is 3.61.